The molecule has 1 N–H and O–H groups in total. The average molecular weight is 197 g/mol. The lowest BCUT2D eigenvalue weighted by atomic mass is 10.1. The number of hydrogen-bond donors (Lipinski definition) is 1. The Morgan fingerprint density at radius 3 is 2.57 bits per heavy atom. The SMILES string of the molecule is C=C(CC)CC(=O)CCCNC(C)C. The van der Waals surface area contributed by atoms with Gasteiger partial charge >= 0.3 is 0 Å². The summed E-state index contributed by atoms with van der Waals surface area (Å²) in [6, 6.07) is 0.510. The summed E-state index contributed by atoms with van der Waals surface area (Å²) >= 11 is 0. The molecule has 0 radical (unpaired) electrons. The van der Waals surface area contributed by atoms with Gasteiger partial charge in [-0.2, -0.15) is 0 Å². The topological polar surface area (TPSA) is 29.1 Å². The van der Waals surface area contributed by atoms with Crippen LogP contribution in [0.15, 0.2) is 12.2 Å². The van der Waals surface area contributed by atoms with Crippen LogP contribution in [0.25, 0.3) is 0 Å². The Hall–Kier alpha value is -0.630. The highest BCUT2D eigenvalue weighted by molar-refractivity contribution is 5.80. The summed E-state index contributed by atoms with van der Waals surface area (Å²) in [5, 5.41) is 3.29. The lowest BCUT2D eigenvalue weighted by Crippen LogP contribution is -2.24. The number of ketones is 1. The van der Waals surface area contributed by atoms with Gasteiger partial charge in [0, 0.05) is 18.9 Å². The highest BCUT2D eigenvalue weighted by Gasteiger charge is 2.03. The van der Waals surface area contributed by atoms with Crippen molar-refractivity contribution in [1.82, 2.24) is 5.32 Å². The predicted octanol–water partition coefficient (Wildman–Crippen LogP) is 2.69. The molecule has 0 aromatic carbocycles. The molecule has 0 amide bonds. The van der Waals surface area contributed by atoms with Crippen LogP contribution in [0.4, 0.5) is 0 Å². The molecular weight excluding hydrogens is 174 g/mol. The maximum Gasteiger partial charge on any atom is 0.136 e. The van der Waals surface area contributed by atoms with E-state index < -0.39 is 0 Å². The predicted molar refractivity (Wildman–Crippen MR) is 61.4 cm³/mol. The van der Waals surface area contributed by atoms with Crippen molar-refractivity contribution in [3.63, 3.8) is 0 Å². The van der Waals surface area contributed by atoms with Crippen molar-refractivity contribution in [3.8, 4) is 0 Å². The van der Waals surface area contributed by atoms with Crippen LogP contribution >= 0.6 is 0 Å². The third kappa shape index (κ3) is 7.99. The fraction of sp³-hybridized carbons (Fsp3) is 0.750. The summed E-state index contributed by atoms with van der Waals surface area (Å²) in [5.74, 6) is 0.322. The minimum atomic E-state index is 0.322. The molecule has 0 aliphatic rings. The van der Waals surface area contributed by atoms with Crippen molar-refractivity contribution in [2.24, 2.45) is 0 Å². The van der Waals surface area contributed by atoms with Gasteiger partial charge in [0.25, 0.3) is 0 Å². The fourth-order valence-electron chi connectivity index (χ4n) is 1.17. The highest BCUT2D eigenvalue weighted by Crippen LogP contribution is 2.06. The summed E-state index contributed by atoms with van der Waals surface area (Å²) in [4.78, 5) is 11.4. The molecule has 0 aromatic rings. The molecule has 0 bridgehead atoms. The number of nitrogens with one attached hydrogen (secondary N) is 1. The molecule has 0 unspecified atom stereocenters. The van der Waals surface area contributed by atoms with Gasteiger partial charge in [0.1, 0.15) is 5.78 Å². The Bertz CT molecular complexity index is 185. The van der Waals surface area contributed by atoms with Crippen molar-refractivity contribution in [2.45, 2.75) is 52.5 Å². The molecule has 0 aliphatic carbocycles. The van der Waals surface area contributed by atoms with Crippen LogP contribution in [0, 0.1) is 0 Å². The molecule has 2 heteroatoms. The molecular formula is C12H23NO. The number of rotatable bonds is 8. The standard InChI is InChI=1S/C12H23NO/c1-5-11(4)9-12(14)7-6-8-13-10(2)3/h10,13H,4-9H2,1-3H3. The average Bonchev–Trinajstić information content (AvgIpc) is 2.12. The van der Waals surface area contributed by atoms with Crippen LogP contribution in [0.1, 0.15) is 46.5 Å². The Morgan fingerprint density at radius 2 is 2.07 bits per heavy atom. The van der Waals surface area contributed by atoms with Crippen molar-refractivity contribution < 1.29 is 4.79 Å². The maximum absolute atomic E-state index is 11.4. The number of allylic oxidation sites excluding steroid dienone is 1. The lowest BCUT2D eigenvalue weighted by Gasteiger charge is -2.07. The Labute approximate surface area is 87.8 Å². The summed E-state index contributed by atoms with van der Waals surface area (Å²) in [7, 11) is 0. The largest absolute Gasteiger partial charge is 0.315 e. The van der Waals surface area contributed by atoms with Gasteiger partial charge in [-0.05, 0) is 19.4 Å². The smallest absolute Gasteiger partial charge is 0.136 e. The number of carbonyl (C=O) groups excluding carboxylic acids is 1. The van der Waals surface area contributed by atoms with Crippen LogP contribution < -0.4 is 5.32 Å². The Kier molecular flexibility index (Phi) is 7.40. The van der Waals surface area contributed by atoms with E-state index in [-0.39, 0.29) is 0 Å². The minimum Gasteiger partial charge on any atom is -0.315 e. The first kappa shape index (κ1) is 13.4. The van der Waals surface area contributed by atoms with Crippen molar-refractivity contribution in [1.29, 1.82) is 0 Å². The van der Waals surface area contributed by atoms with Crippen LogP contribution in [-0.4, -0.2) is 18.4 Å². The van der Waals surface area contributed by atoms with Gasteiger partial charge in [-0.1, -0.05) is 32.9 Å². The van der Waals surface area contributed by atoms with E-state index in [0.29, 0.717) is 24.7 Å². The summed E-state index contributed by atoms with van der Waals surface area (Å²) in [5.41, 5.74) is 1.05. The monoisotopic (exact) mass is 197 g/mol. The van der Waals surface area contributed by atoms with E-state index in [0.717, 1.165) is 25.0 Å². The van der Waals surface area contributed by atoms with Crippen molar-refractivity contribution in [2.75, 3.05) is 6.54 Å². The molecule has 14 heavy (non-hydrogen) atoms. The summed E-state index contributed by atoms with van der Waals surface area (Å²) in [6.45, 7) is 11.0. The van der Waals surface area contributed by atoms with E-state index >= 15 is 0 Å². The molecule has 0 heterocycles. The van der Waals surface area contributed by atoms with Crippen LogP contribution in [0.2, 0.25) is 0 Å². The fourth-order valence-corrected chi connectivity index (χ4v) is 1.17. The lowest BCUT2D eigenvalue weighted by molar-refractivity contribution is -0.118. The molecule has 82 valence electrons. The summed E-state index contributed by atoms with van der Waals surface area (Å²) in [6.07, 6.45) is 3.10. The van der Waals surface area contributed by atoms with E-state index in [2.05, 4.69) is 25.7 Å². The van der Waals surface area contributed by atoms with Gasteiger partial charge in [-0.25, -0.2) is 0 Å². The first-order chi connectivity index (χ1) is 6.56. The molecule has 0 spiro atoms. The van der Waals surface area contributed by atoms with Crippen LogP contribution in [0.5, 0.6) is 0 Å². The van der Waals surface area contributed by atoms with Crippen molar-refractivity contribution >= 4 is 5.78 Å². The zero-order valence-corrected chi connectivity index (χ0v) is 9.73. The zero-order valence-electron chi connectivity index (χ0n) is 9.73. The quantitative estimate of drug-likeness (QED) is 0.479. The second-order valence-electron chi connectivity index (χ2n) is 4.03. The van der Waals surface area contributed by atoms with E-state index in [1.165, 1.54) is 0 Å². The van der Waals surface area contributed by atoms with Crippen molar-refractivity contribution in [3.05, 3.63) is 12.2 Å². The molecule has 0 saturated heterocycles. The van der Waals surface area contributed by atoms with E-state index in [9.17, 15) is 4.79 Å². The third-order valence-electron chi connectivity index (χ3n) is 2.13. The number of carbonyl (C=O) groups is 1. The van der Waals surface area contributed by atoms with Crippen LogP contribution in [-0.2, 0) is 4.79 Å². The van der Waals surface area contributed by atoms with Gasteiger partial charge in [0.15, 0.2) is 0 Å². The molecule has 0 saturated carbocycles. The third-order valence-corrected chi connectivity index (χ3v) is 2.13. The molecule has 0 rings (SSSR count). The first-order valence-corrected chi connectivity index (χ1v) is 5.48. The Morgan fingerprint density at radius 1 is 1.43 bits per heavy atom. The highest BCUT2D eigenvalue weighted by atomic mass is 16.1. The molecule has 0 aromatic heterocycles. The molecule has 0 atom stereocenters. The number of hydrogen-bond acceptors (Lipinski definition) is 2. The normalized spacial score (nSPS) is 10.6. The first-order valence-electron chi connectivity index (χ1n) is 5.48. The van der Waals surface area contributed by atoms with Gasteiger partial charge < -0.3 is 5.32 Å². The minimum absolute atomic E-state index is 0.322. The van der Waals surface area contributed by atoms with E-state index in [4.69, 9.17) is 0 Å². The van der Waals surface area contributed by atoms with E-state index in [1.807, 2.05) is 6.92 Å². The second-order valence-corrected chi connectivity index (χ2v) is 4.03. The Balaban J connectivity index is 3.40. The van der Waals surface area contributed by atoms with E-state index in [1.54, 1.807) is 0 Å². The zero-order chi connectivity index (χ0) is 11.0. The molecule has 2 nitrogen and oxygen atoms in total. The maximum atomic E-state index is 11.4. The van der Waals surface area contributed by atoms with Crippen LogP contribution in [0.3, 0.4) is 0 Å². The van der Waals surface area contributed by atoms with Gasteiger partial charge in [-0.15, -0.1) is 0 Å². The molecule has 0 fully saturated rings. The summed E-state index contributed by atoms with van der Waals surface area (Å²) < 4.78 is 0. The van der Waals surface area contributed by atoms with Gasteiger partial charge in [-0.3, -0.25) is 4.79 Å². The van der Waals surface area contributed by atoms with Gasteiger partial charge in [0.2, 0.25) is 0 Å². The molecule has 0 aliphatic heterocycles. The number of Topliss-reactive ketones (excluding diaryl/α,β-unsaturated/α-hetero) is 1. The second kappa shape index (κ2) is 7.74. The van der Waals surface area contributed by atoms with Gasteiger partial charge in [0.05, 0.1) is 0 Å².